The average molecular weight is 488 g/mol. The Bertz CT molecular complexity index is 934. The molecule has 11 heteroatoms. The number of hydrogen-bond donors (Lipinski definition) is 5. The molecule has 4 unspecified atom stereocenters. The molecule has 11 nitrogen and oxygen atoms in total. The summed E-state index contributed by atoms with van der Waals surface area (Å²) in [6.07, 6.45) is 2.45. The van der Waals surface area contributed by atoms with Gasteiger partial charge in [0, 0.05) is 19.4 Å². The summed E-state index contributed by atoms with van der Waals surface area (Å²) in [7, 11) is 0. The summed E-state index contributed by atoms with van der Waals surface area (Å²) >= 11 is 0. The minimum Gasteiger partial charge on any atom is -0.480 e. The van der Waals surface area contributed by atoms with Gasteiger partial charge in [-0.05, 0) is 44.2 Å². The maximum absolute atomic E-state index is 13.4. The highest BCUT2D eigenvalue weighted by Crippen LogP contribution is 2.20. The van der Waals surface area contributed by atoms with Crippen LogP contribution >= 0.6 is 0 Å². The van der Waals surface area contributed by atoms with Gasteiger partial charge in [0.15, 0.2) is 0 Å². The van der Waals surface area contributed by atoms with E-state index in [1.54, 1.807) is 24.3 Å². The van der Waals surface area contributed by atoms with E-state index in [0.717, 1.165) is 12.0 Å². The summed E-state index contributed by atoms with van der Waals surface area (Å²) in [5.74, 6) is -3.15. The number of amides is 4. The van der Waals surface area contributed by atoms with Crippen molar-refractivity contribution in [3.8, 4) is 0 Å². The number of nitrogens with zero attached hydrogens (tertiary/aromatic N) is 1. The lowest BCUT2D eigenvalue weighted by atomic mass is 10.0. The Balaban J connectivity index is 1.68. The molecule has 0 bridgehead atoms. The highest BCUT2D eigenvalue weighted by atomic mass is 16.4. The van der Waals surface area contributed by atoms with E-state index in [-0.39, 0.29) is 31.7 Å². The van der Waals surface area contributed by atoms with Gasteiger partial charge in [-0.15, -0.1) is 0 Å². The quantitative estimate of drug-likeness (QED) is 0.274. The van der Waals surface area contributed by atoms with Crippen LogP contribution in [0.4, 0.5) is 0 Å². The molecule has 35 heavy (non-hydrogen) atoms. The van der Waals surface area contributed by atoms with Crippen LogP contribution in [0.15, 0.2) is 30.3 Å². The third kappa shape index (κ3) is 7.25. The van der Waals surface area contributed by atoms with Gasteiger partial charge < -0.3 is 31.7 Å². The van der Waals surface area contributed by atoms with E-state index in [1.165, 1.54) is 4.90 Å². The predicted octanol–water partition coefficient (Wildman–Crippen LogP) is -0.708. The third-order valence-corrected chi connectivity index (χ3v) is 6.41. The molecular weight excluding hydrogens is 454 g/mol. The molecule has 6 N–H and O–H groups in total. The first kappa shape index (κ1) is 26.1. The second-order valence-corrected chi connectivity index (χ2v) is 8.99. The molecular formula is C24H33N5O6. The van der Waals surface area contributed by atoms with Gasteiger partial charge in [0.25, 0.3) is 0 Å². The monoisotopic (exact) mass is 487 g/mol. The molecule has 2 aliphatic rings. The fraction of sp³-hybridized carbons (Fsp3) is 0.542. The van der Waals surface area contributed by atoms with Crippen LogP contribution in [0.25, 0.3) is 0 Å². The van der Waals surface area contributed by atoms with Crippen molar-refractivity contribution in [2.75, 3.05) is 13.1 Å². The SMILES string of the molecule is NC(=O)CCC(NC(=O)C1CCCN1)C(=O)N1CCCC1C(=O)NC(Cc1ccccc1)C(=O)O. The minimum absolute atomic E-state index is 0.0171. The summed E-state index contributed by atoms with van der Waals surface area (Å²) in [5, 5.41) is 18.0. The van der Waals surface area contributed by atoms with Crippen molar-refractivity contribution in [1.82, 2.24) is 20.9 Å². The zero-order valence-electron chi connectivity index (χ0n) is 19.6. The molecule has 2 aliphatic heterocycles. The fourth-order valence-corrected chi connectivity index (χ4v) is 4.55. The van der Waals surface area contributed by atoms with E-state index in [2.05, 4.69) is 16.0 Å². The van der Waals surface area contributed by atoms with Crippen LogP contribution in [0, 0.1) is 0 Å². The molecule has 2 saturated heterocycles. The number of carboxylic acid groups (broad SMARTS) is 1. The van der Waals surface area contributed by atoms with Crippen LogP contribution in [0.1, 0.15) is 44.1 Å². The highest BCUT2D eigenvalue weighted by molar-refractivity contribution is 5.95. The standard InChI is InChI=1S/C24H33N5O6/c25-20(30)11-10-17(27-21(31)16-8-4-12-26-16)23(33)29-13-5-9-19(29)22(32)28-18(24(34)35)14-15-6-2-1-3-7-15/h1-3,6-7,16-19,26H,4-5,8-14H2,(H2,25,30)(H,27,31)(H,28,32)(H,34,35). The molecule has 0 saturated carbocycles. The largest absolute Gasteiger partial charge is 0.480 e. The summed E-state index contributed by atoms with van der Waals surface area (Å²) < 4.78 is 0. The Kier molecular flexibility index (Phi) is 9.18. The van der Waals surface area contributed by atoms with Crippen LogP contribution < -0.4 is 21.7 Å². The maximum atomic E-state index is 13.4. The van der Waals surface area contributed by atoms with Crippen LogP contribution in [0.2, 0.25) is 0 Å². The van der Waals surface area contributed by atoms with Gasteiger partial charge in [0.2, 0.25) is 23.6 Å². The minimum atomic E-state index is -1.17. The van der Waals surface area contributed by atoms with Crippen LogP contribution in [0.5, 0.6) is 0 Å². The summed E-state index contributed by atoms with van der Waals surface area (Å²) in [4.78, 5) is 63.5. The molecule has 0 radical (unpaired) electrons. The van der Waals surface area contributed by atoms with Crippen molar-refractivity contribution in [2.24, 2.45) is 5.73 Å². The van der Waals surface area contributed by atoms with Gasteiger partial charge in [-0.1, -0.05) is 30.3 Å². The molecule has 2 heterocycles. The second kappa shape index (κ2) is 12.3. The Morgan fingerprint density at radius 1 is 1.03 bits per heavy atom. The number of nitrogens with two attached hydrogens (primary N) is 1. The smallest absolute Gasteiger partial charge is 0.326 e. The van der Waals surface area contributed by atoms with E-state index in [4.69, 9.17) is 5.73 Å². The molecule has 4 amide bonds. The number of carbonyl (C=O) groups excluding carboxylic acids is 4. The van der Waals surface area contributed by atoms with Gasteiger partial charge in [-0.2, -0.15) is 0 Å². The Labute approximate surface area is 203 Å². The lowest BCUT2D eigenvalue weighted by Crippen LogP contribution is -2.57. The molecule has 4 atom stereocenters. The Hall–Kier alpha value is -3.47. The van der Waals surface area contributed by atoms with E-state index in [0.29, 0.717) is 25.8 Å². The van der Waals surface area contributed by atoms with E-state index >= 15 is 0 Å². The van der Waals surface area contributed by atoms with Gasteiger partial charge >= 0.3 is 5.97 Å². The van der Waals surface area contributed by atoms with Gasteiger partial charge in [0.05, 0.1) is 6.04 Å². The number of carbonyl (C=O) groups is 5. The van der Waals surface area contributed by atoms with Crippen molar-refractivity contribution in [3.63, 3.8) is 0 Å². The molecule has 1 aromatic carbocycles. The van der Waals surface area contributed by atoms with Crippen LogP contribution in [-0.2, 0) is 30.4 Å². The van der Waals surface area contributed by atoms with Crippen molar-refractivity contribution in [2.45, 2.75) is 69.1 Å². The molecule has 3 rings (SSSR count). The number of nitrogens with one attached hydrogen (secondary N) is 3. The molecule has 2 fully saturated rings. The number of likely N-dealkylation sites (tertiary alicyclic amines) is 1. The topological polar surface area (TPSA) is 171 Å². The number of hydrogen-bond acceptors (Lipinski definition) is 6. The molecule has 0 aromatic heterocycles. The molecule has 1 aromatic rings. The van der Waals surface area contributed by atoms with Crippen molar-refractivity contribution < 1.29 is 29.1 Å². The number of rotatable bonds is 11. The fourth-order valence-electron chi connectivity index (χ4n) is 4.55. The number of aliphatic carboxylic acids is 1. The summed E-state index contributed by atoms with van der Waals surface area (Å²) in [6, 6.07) is 5.51. The lowest BCUT2D eigenvalue weighted by Gasteiger charge is -2.30. The maximum Gasteiger partial charge on any atom is 0.326 e. The number of carboxylic acids is 1. The molecule has 0 aliphatic carbocycles. The van der Waals surface area contributed by atoms with E-state index in [1.807, 2.05) is 6.07 Å². The zero-order chi connectivity index (χ0) is 25.4. The van der Waals surface area contributed by atoms with Gasteiger partial charge in [-0.3, -0.25) is 19.2 Å². The first-order chi connectivity index (χ1) is 16.8. The summed E-state index contributed by atoms with van der Waals surface area (Å²) in [6.45, 7) is 0.998. The highest BCUT2D eigenvalue weighted by Gasteiger charge is 2.39. The Morgan fingerprint density at radius 2 is 1.74 bits per heavy atom. The molecule has 190 valence electrons. The first-order valence-corrected chi connectivity index (χ1v) is 12.0. The van der Waals surface area contributed by atoms with Crippen molar-refractivity contribution in [1.29, 1.82) is 0 Å². The van der Waals surface area contributed by atoms with Crippen molar-refractivity contribution >= 4 is 29.6 Å². The summed E-state index contributed by atoms with van der Waals surface area (Å²) in [5.41, 5.74) is 6.02. The van der Waals surface area contributed by atoms with Crippen LogP contribution in [-0.4, -0.2) is 76.9 Å². The van der Waals surface area contributed by atoms with E-state index < -0.39 is 47.9 Å². The lowest BCUT2D eigenvalue weighted by molar-refractivity contribution is -0.145. The third-order valence-electron chi connectivity index (χ3n) is 6.41. The predicted molar refractivity (Wildman–Crippen MR) is 126 cm³/mol. The number of primary amides is 1. The average Bonchev–Trinajstić information content (AvgIpc) is 3.54. The normalized spacial score (nSPS) is 21.2. The molecule has 0 spiro atoms. The first-order valence-electron chi connectivity index (χ1n) is 12.0. The van der Waals surface area contributed by atoms with Crippen LogP contribution in [0.3, 0.4) is 0 Å². The second-order valence-electron chi connectivity index (χ2n) is 8.99. The zero-order valence-corrected chi connectivity index (χ0v) is 19.6. The van der Waals surface area contributed by atoms with Gasteiger partial charge in [-0.25, -0.2) is 4.79 Å². The van der Waals surface area contributed by atoms with Gasteiger partial charge in [0.1, 0.15) is 18.1 Å². The van der Waals surface area contributed by atoms with E-state index in [9.17, 15) is 29.1 Å². The Morgan fingerprint density at radius 3 is 2.37 bits per heavy atom. The van der Waals surface area contributed by atoms with Crippen molar-refractivity contribution in [3.05, 3.63) is 35.9 Å². The number of benzene rings is 1.